The highest BCUT2D eigenvalue weighted by Crippen LogP contribution is 2.24. The number of hydrogen-bond donors (Lipinski definition) is 1. The first-order chi connectivity index (χ1) is 15.6. The fraction of sp³-hybridized carbons (Fsp3) is 0.692. The summed E-state index contributed by atoms with van der Waals surface area (Å²) < 4.78 is 5.50. The number of hydrogen-bond acceptors (Lipinski definition) is 5. The molecule has 2 heterocycles. The van der Waals surface area contributed by atoms with Crippen LogP contribution in [-0.4, -0.2) is 73.2 Å². The van der Waals surface area contributed by atoms with Crippen LogP contribution in [0.5, 0.6) is 0 Å². The van der Waals surface area contributed by atoms with E-state index in [2.05, 4.69) is 27.2 Å². The van der Waals surface area contributed by atoms with Gasteiger partial charge in [0.2, 0.25) is 5.91 Å². The van der Waals surface area contributed by atoms with Crippen molar-refractivity contribution in [3.05, 3.63) is 24.3 Å². The summed E-state index contributed by atoms with van der Waals surface area (Å²) >= 11 is 0. The van der Waals surface area contributed by atoms with Gasteiger partial charge in [-0.1, -0.05) is 13.8 Å². The molecule has 2 saturated heterocycles. The highest BCUT2D eigenvalue weighted by Gasteiger charge is 2.27. The molecule has 0 radical (unpaired) electrons. The van der Waals surface area contributed by atoms with Crippen molar-refractivity contribution in [2.75, 3.05) is 56.0 Å². The summed E-state index contributed by atoms with van der Waals surface area (Å²) in [5.74, 6) is 0.720. The van der Waals surface area contributed by atoms with E-state index in [4.69, 9.17) is 4.74 Å². The van der Waals surface area contributed by atoms with Gasteiger partial charge in [-0.15, -0.1) is 0 Å². The number of benzene rings is 1. The zero-order valence-electron chi connectivity index (χ0n) is 21.1. The van der Waals surface area contributed by atoms with E-state index in [1.165, 1.54) is 12.1 Å². The van der Waals surface area contributed by atoms with Crippen molar-refractivity contribution < 1.29 is 14.3 Å². The van der Waals surface area contributed by atoms with E-state index < -0.39 is 5.60 Å². The fourth-order valence-corrected chi connectivity index (χ4v) is 4.37. The molecule has 0 aliphatic carbocycles. The first kappa shape index (κ1) is 25.3. The van der Waals surface area contributed by atoms with Crippen molar-refractivity contribution in [3.63, 3.8) is 0 Å². The number of ether oxygens (including phenoxy) is 1. The Bertz CT molecular complexity index is 772. The molecule has 0 aromatic heterocycles. The predicted octanol–water partition coefficient (Wildman–Crippen LogP) is 4.44. The van der Waals surface area contributed by atoms with E-state index in [0.717, 1.165) is 64.3 Å². The molecule has 0 saturated carbocycles. The third-order valence-corrected chi connectivity index (χ3v) is 6.52. The lowest BCUT2D eigenvalue weighted by molar-refractivity contribution is -0.118. The van der Waals surface area contributed by atoms with Crippen LogP contribution in [0.2, 0.25) is 0 Å². The maximum atomic E-state index is 12.2. The summed E-state index contributed by atoms with van der Waals surface area (Å²) in [6.07, 6.45) is 3.16. The molecule has 0 unspecified atom stereocenters. The Morgan fingerprint density at radius 3 is 2.15 bits per heavy atom. The molecule has 2 amide bonds. The zero-order valence-corrected chi connectivity index (χ0v) is 21.1. The molecule has 0 bridgehead atoms. The van der Waals surface area contributed by atoms with Crippen LogP contribution in [0.25, 0.3) is 0 Å². The Labute approximate surface area is 199 Å². The number of amides is 2. The first-order valence-corrected chi connectivity index (χ1v) is 12.5. The molecule has 184 valence electrons. The van der Waals surface area contributed by atoms with Crippen molar-refractivity contribution in [1.82, 2.24) is 9.80 Å². The SMILES string of the molecule is CC(C)C(=O)Nc1ccc(N2CCN(CCC3CCN(C(=O)OC(C)(C)C)CC3)CC2)cc1. The monoisotopic (exact) mass is 458 g/mol. The normalized spacial score (nSPS) is 18.5. The fourth-order valence-electron chi connectivity index (χ4n) is 4.37. The Morgan fingerprint density at radius 1 is 1.00 bits per heavy atom. The van der Waals surface area contributed by atoms with Crippen molar-refractivity contribution in [1.29, 1.82) is 0 Å². The van der Waals surface area contributed by atoms with Crippen molar-refractivity contribution in [2.45, 2.75) is 59.5 Å². The lowest BCUT2D eigenvalue weighted by atomic mass is 9.93. The zero-order chi connectivity index (χ0) is 24.0. The maximum Gasteiger partial charge on any atom is 0.410 e. The van der Waals surface area contributed by atoms with E-state index in [0.29, 0.717) is 5.92 Å². The Balaban J connectivity index is 1.35. The number of carbonyl (C=O) groups is 2. The molecule has 33 heavy (non-hydrogen) atoms. The average molecular weight is 459 g/mol. The second-order valence-electron chi connectivity index (χ2n) is 10.7. The molecule has 2 aliphatic rings. The quantitative estimate of drug-likeness (QED) is 0.683. The highest BCUT2D eigenvalue weighted by atomic mass is 16.6. The van der Waals surface area contributed by atoms with Gasteiger partial charge in [0.05, 0.1) is 0 Å². The number of carbonyl (C=O) groups excluding carboxylic acids is 2. The van der Waals surface area contributed by atoms with Gasteiger partial charge in [0.25, 0.3) is 0 Å². The topological polar surface area (TPSA) is 65.1 Å². The van der Waals surface area contributed by atoms with Gasteiger partial charge in [0.15, 0.2) is 0 Å². The maximum absolute atomic E-state index is 12.2. The van der Waals surface area contributed by atoms with Gasteiger partial charge in [-0.3, -0.25) is 9.69 Å². The molecule has 0 spiro atoms. The van der Waals surface area contributed by atoms with Crippen LogP contribution in [0.3, 0.4) is 0 Å². The molecule has 1 aromatic rings. The van der Waals surface area contributed by atoms with Gasteiger partial charge in [-0.25, -0.2) is 4.79 Å². The van der Waals surface area contributed by atoms with Gasteiger partial charge < -0.3 is 19.9 Å². The minimum Gasteiger partial charge on any atom is -0.444 e. The van der Waals surface area contributed by atoms with Gasteiger partial charge in [0, 0.05) is 56.6 Å². The summed E-state index contributed by atoms with van der Waals surface area (Å²) in [5, 5.41) is 2.95. The van der Waals surface area contributed by atoms with Crippen LogP contribution in [0.4, 0.5) is 16.2 Å². The summed E-state index contributed by atoms with van der Waals surface area (Å²) in [5.41, 5.74) is 1.64. The van der Waals surface area contributed by atoms with Crippen molar-refractivity contribution in [2.24, 2.45) is 11.8 Å². The van der Waals surface area contributed by atoms with E-state index in [1.54, 1.807) is 0 Å². The van der Waals surface area contributed by atoms with E-state index >= 15 is 0 Å². The van der Waals surface area contributed by atoms with Crippen LogP contribution in [0.1, 0.15) is 53.9 Å². The Morgan fingerprint density at radius 2 is 1.61 bits per heavy atom. The van der Waals surface area contributed by atoms with Crippen LogP contribution in [0.15, 0.2) is 24.3 Å². The summed E-state index contributed by atoms with van der Waals surface area (Å²) in [7, 11) is 0. The molecular weight excluding hydrogens is 416 g/mol. The van der Waals surface area contributed by atoms with Gasteiger partial charge >= 0.3 is 6.09 Å². The number of nitrogens with one attached hydrogen (secondary N) is 1. The largest absolute Gasteiger partial charge is 0.444 e. The molecule has 3 rings (SSSR count). The third-order valence-electron chi connectivity index (χ3n) is 6.52. The van der Waals surface area contributed by atoms with Gasteiger partial charge in [0.1, 0.15) is 5.60 Å². The lowest BCUT2D eigenvalue weighted by Crippen LogP contribution is -2.47. The van der Waals surface area contributed by atoms with Crippen LogP contribution in [-0.2, 0) is 9.53 Å². The van der Waals surface area contributed by atoms with Crippen LogP contribution >= 0.6 is 0 Å². The Hall–Kier alpha value is -2.28. The van der Waals surface area contributed by atoms with Crippen LogP contribution < -0.4 is 10.2 Å². The number of nitrogens with zero attached hydrogens (tertiary/aromatic N) is 3. The smallest absolute Gasteiger partial charge is 0.410 e. The second-order valence-corrected chi connectivity index (χ2v) is 10.7. The second kappa shape index (κ2) is 11.2. The van der Waals surface area contributed by atoms with Gasteiger partial charge in [-0.05, 0) is 76.8 Å². The molecule has 1 N–H and O–H groups in total. The standard InChI is InChI=1S/C26H42N4O3/c1-20(2)24(31)27-22-6-8-23(9-7-22)29-18-16-28(17-19-29)13-10-21-11-14-30(15-12-21)25(32)33-26(3,4)5/h6-9,20-21H,10-19H2,1-5H3,(H,27,31). The average Bonchev–Trinajstić information content (AvgIpc) is 2.78. The van der Waals surface area contributed by atoms with E-state index in [9.17, 15) is 9.59 Å². The molecular formula is C26H42N4O3. The van der Waals surface area contributed by atoms with Crippen LogP contribution in [0, 0.1) is 11.8 Å². The number of piperazine rings is 1. The van der Waals surface area contributed by atoms with Gasteiger partial charge in [-0.2, -0.15) is 0 Å². The highest BCUT2D eigenvalue weighted by molar-refractivity contribution is 5.92. The number of anilines is 2. The molecule has 0 atom stereocenters. The molecule has 1 aromatic carbocycles. The number of likely N-dealkylation sites (tertiary alicyclic amines) is 1. The molecule has 2 fully saturated rings. The number of piperidine rings is 1. The molecule has 2 aliphatic heterocycles. The van der Waals surface area contributed by atoms with Crippen molar-refractivity contribution in [3.8, 4) is 0 Å². The molecule has 7 heteroatoms. The summed E-state index contributed by atoms with van der Waals surface area (Å²) in [4.78, 5) is 30.9. The first-order valence-electron chi connectivity index (χ1n) is 12.5. The molecule has 7 nitrogen and oxygen atoms in total. The third kappa shape index (κ3) is 7.91. The summed E-state index contributed by atoms with van der Waals surface area (Å²) in [6.45, 7) is 16.5. The predicted molar refractivity (Wildman–Crippen MR) is 134 cm³/mol. The van der Waals surface area contributed by atoms with Crippen molar-refractivity contribution >= 4 is 23.4 Å². The number of rotatable bonds is 6. The summed E-state index contributed by atoms with van der Waals surface area (Å²) in [6, 6.07) is 8.19. The minimum absolute atomic E-state index is 0.0183. The van der Waals surface area contributed by atoms with E-state index in [-0.39, 0.29) is 17.9 Å². The lowest BCUT2D eigenvalue weighted by Gasteiger charge is -2.38. The minimum atomic E-state index is -0.429. The van der Waals surface area contributed by atoms with E-state index in [1.807, 2.05) is 51.7 Å². The Kier molecular flexibility index (Phi) is 8.63.